The van der Waals surface area contributed by atoms with Crippen molar-refractivity contribution in [3.05, 3.63) is 35.3 Å². The third-order valence-electron chi connectivity index (χ3n) is 4.05. The van der Waals surface area contributed by atoms with Crippen molar-refractivity contribution in [3.8, 4) is 11.5 Å². The molecule has 0 saturated carbocycles. The Kier molecular flexibility index (Phi) is 6.11. The molecular weight excluding hydrogens is 338 g/mol. The summed E-state index contributed by atoms with van der Waals surface area (Å²) in [6.45, 7) is 2.72. The Labute approximate surface area is 151 Å². The molecule has 6 nitrogen and oxygen atoms in total. The number of ether oxygens (including phenoxy) is 2. The summed E-state index contributed by atoms with van der Waals surface area (Å²) >= 11 is 1.68. The normalized spacial score (nSPS) is 13.7. The average molecular weight is 361 g/mol. The molecule has 1 aliphatic heterocycles. The van der Waals surface area contributed by atoms with Gasteiger partial charge in [0.1, 0.15) is 0 Å². The number of hydrogen-bond acceptors (Lipinski definition) is 6. The summed E-state index contributed by atoms with van der Waals surface area (Å²) in [4.78, 5) is 18.9. The van der Waals surface area contributed by atoms with Crippen LogP contribution in [0.4, 0.5) is 5.13 Å². The van der Waals surface area contributed by atoms with Gasteiger partial charge in [-0.05, 0) is 25.0 Å². The van der Waals surface area contributed by atoms with Crippen molar-refractivity contribution in [2.75, 3.05) is 38.3 Å². The molecule has 1 aromatic heterocycles. The van der Waals surface area contributed by atoms with Crippen LogP contribution in [0.5, 0.6) is 11.5 Å². The van der Waals surface area contributed by atoms with Crippen molar-refractivity contribution in [3.63, 3.8) is 0 Å². The van der Waals surface area contributed by atoms with E-state index in [1.165, 1.54) is 12.8 Å². The van der Waals surface area contributed by atoms with E-state index in [2.05, 4.69) is 20.6 Å². The Hall–Kier alpha value is -2.28. The number of nitrogens with one attached hydrogen (secondary N) is 1. The molecule has 134 valence electrons. The van der Waals surface area contributed by atoms with Crippen LogP contribution in [0.25, 0.3) is 0 Å². The van der Waals surface area contributed by atoms with Gasteiger partial charge in [0.25, 0.3) is 5.91 Å². The number of amides is 1. The van der Waals surface area contributed by atoms with E-state index in [-0.39, 0.29) is 12.5 Å². The maximum atomic E-state index is 11.9. The smallest absolute Gasteiger partial charge is 0.257 e. The molecule has 2 heterocycles. The molecule has 0 atom stereocenters. The fourth-order valence-electron chi connectivity index (χ4n) is 2.73. The zero-order valence-corrected chi connectivity index (χ0v) is 15.2. The summed E-state index contributed by atoms with van der Waals surface area (Å²) in [6, 6.07) is 7.28. The molecule has 25 heavy (non-hydrogen) atoms. The second-order valence-electron chi connectivity index (χ2n) is 5.86. The Morgan fingerprint density at radius 2 is 2.04 bits per heavy atom. The zero-order valence-electron chi connectivity index (χ0n) is 14.4. The highest BCUT2D eigenvalue weighted by atomic mass is 32.1. The van der Waals surface area contributed by atoms with Crippen LogP contribution in [0.15, 0.2) is 29.6 Å². The highest BCUT2D eigenvalue weighted by Gasteiger charge is 2.15. The van der Waals surface area contributed by atoms with Gasteiger partial charge in [0.2, 0.25) is 0 Å². The van der Waals surface area contributed by atoms with Gasteiger partial charge in [-0.15, -0.1) is 11.3 Å². The maximum Gasteiger partial charge on any atom is 0.257 e. The molecule has 0 aliphatic carbocycles. The third-order valence-corrected chi connectivity index (χ3v) is 5.00. The van der Waals surface area contributed by atoms with Crippen LogP contribution >= 0.6 is 11.3 Å². The highest BCUT2D eigenvalue weighted by Crippen LogP contribution is 2.26. The minimum atomic E-state index is -0.152. The summed E-state index contributed by atoms with van der Waals surface area (Å²) < 4.78 is 10.7. The first-order valence-electron chi connectivity index (χ1n) is 8.48. The van der Waals surface area contributed by atoms with Crippen LogP contribution in [0, 0.1) is 0 Å². The predicted molar refractivity (Wildman–Crippen MR) is 98.8 cm³/mol. The van der Waals surface area contributed by atoms with Crippen molar-refractivity contribution in [1.82, 2.24) is 10.3 Å². The van der Waals surface area contributed by atoms with Gasteiger partial charge in [-0.25, -0.2) is 4.98 Å². The molecule has 7 heteroatoms. The van der Waals surface area contributed by atoms with Gasteiger partial charge in [0, 0.05) is 31.4 Å². The number of thiazole rings is 1. The lowest BCUT2D eigenvalue weighted by Crippen LogP contribution is -2.30. The number of aromatic nitrogens is 1. The third kappa shape index (κ3) is 4.85. The highest BCUT2D eigenvalue weighted by molar-refractivity contribution is 7.13. The van der Waals surface area contributed by atoms with E-state index < -0.39 is 0 Å². The Bertz CT molecular complexity index is 698. The number of nitrogens with zero attached hydrogens (tertiary/aromatic N) is 2. The Balaban J connectivity index is 1.39. The quantitative estimate of drug-likeness (QED) is 0.783. The van der Waals surface area contributed by atoms with E-state index >= 15 is 0 Å². The minimum Gasteiger partial charge on any atom is -0.493 e. The number of benzene rings is 1. The lowest BCUT2D eigenvalue weighted by molar-refractivity contribution is -0.123. The van der Waals surface area contributed by atoms with E-state index in [4.69, 9.17) is 9.47 Å². The molecule has 1 fully saturated rings. The molecule has 0 bridgehead atoms. The van der Waals surface area contributed by atoms with E-state index in [0.29, 0.717) is 18.0 Å². The first-order valence-corrected chi connectivity index (χ1v) is 9.36. The van der Waals surface area contributed by atoms with Crippen LogP contribution in [-0.4, -0.2) is 44.2 Å². The monoisotopic (exact) mass is 361 g/mol. The van der Waals surface area contributed by atoms with Crippen molar-refractivity contribution < 1.29 is 14.3 Å². The lowest BCUT2D eigenvalue weighted by atomic mass is 10.3. The SMILES string of the molecule is COc1ccccc1OCC(=O)NCCc1csc(N2CCCC2)n1. The van der Waals surface area contributed by atoms with Crippen molar-refractivity contribution in [1.29, 1.82) is 0 Å². The predicted octanol–water partition coefficient (Wildman–Crippen LogP) is 2.49. The molecule has 1 aliphatic rings. The summed E-state index contributed by atoms with van der Waals surface area (Å²) in [7, 11) is 1.58. The van der Waals surface area contributed by atoms with E-state index in [1.807, 2.05) is 12.1 Å². The molecular formula is C18H23N3O3S. The fraction of sp³-hybridized carbons (Fsp3) is 0.444. The zero-order chi connectivity index (χ0) is 17.5. The number of para-hydroxylation sites is 2. The molecule has 3 rings (SSSR count). The molecule has 0 radical (unpaired) electrons. The second-order valence-corrected chi connectivity index (χ2v) is 6.69. The lowest BCUT2D eigenvalue weighted by Gasteiger charge is -2.12. The molecule has 1 aromatic carbocycles. The minimum absolute atomic E-state index is 0.0313. The van der Waals surface area contributed by atoms with Gasteiger partial charge >= 0.3 is 0 Å². The maximum absolute atomic E-state index is 11.9. The molecule has 0 unspecified atom stereocenters. The van der Waals surface area contributed by atoms with Gasteiger partial charge in [-0.2, -0.15) is 0 Å². The number of anilines is 1. The number of methoxy groups -OCH3 is 1. The second kappa shape index (κ2) is 8.71. The Morgan fingerprint density at radius 3 is 2.80 bits per heavy atom. The van der Waals surface area contributed by atoms with E-state index in [9.17, 15) is 4.79 Å². The first-order chi connectivity index (χ1) is 12.3. The molecule has 1 amide bonds. The summed E-state index contributed by atoms with van der Waals surface area (Å²) in [5.41, 5.74) is 1.03. The van der Waals surface area contributed by atoms with Crippen molar-refractivity contribution in [2.24, 2.45) is 0 Å². The van der Waals surface area contributed by atoms with E-state index in [1.54, 1.807) is 30.6 Å². The van der Waals surface area contributed by atoms with Crippen LogP contribution in [0.1, 0.15) is 18.5 Å². The number of rotatable bonds is 8. The topological polar surface area (TPSA) is 63.7 Å². The summed E-state index contributed by atoms with van der Waals surface area (Å²) in [5, 5.41) is 6.03. The van der Waals surface area contributed by atoms with Gasteiger partial charge in [-0.1, -0.05) is 12.1 Å². The largest absolute Gasteiger partial charge is 0.493 e. The number of carbonyl (C=O) groups excluding carboxylic acids is 1. The number of hydrogen-bond donors (Lipinski definition) is 1. The number of carbonyl (C=O) groups is 1. The van der Waals surface area contributed by atoms with E-state index in [0.717, 1.165) is 30.3 Å². The fourth-order valence-corrected chi connectivity index (χ4v) is 3.64. The molecule has 0 spiro atoms. The molecule has 1 saturated heterocycles. The first kappa shape index (κ1) is 17.5. The molecule has 1 N–H and O–H groups in total. The van der Waals surface area contributed by atoms with Crippen LogP contribution < -0.4 is 19.7 Å². The average Bonchev–Trinajstić information content (AvgIpc) is 3.31. The van der Waals surface area contributed by atoms with Gasteiger partial charge in [0.05, 0.1) is 12.8 Å². The van der Waals surface area contributed by atoms with Crippen LogP contribution in [-0.2, 0) is 11.2 Å². The molecule has 2 aromatic rings. The summed E-state index contributed by atoms with van der Waals surface area (Å²) in [5.74, 6) is 1.03. The van der Waals surface area contributed by atoms with Gasteiger partial charge < -0.3 is 19.7 Å². The van der Waals surface area contributed by atoms with Crippen molar-refractivity contribution in [2.45, 2.75) is 19.3 Å². The van der Waals surface area contributed by atoms with Crippen LogP contribution in [0.3, 0.4) is 0 Å². The van der Waals surface area contributed by atoms with Gasteiger partial charge in [-0.3, -0.25) is 4.79 Å². The van der Waals surface area contributed by atoms with Gasteiger partial charge in [0.15, 0.2) is 23.2 Å². The summed E-state index contributed by atoms with van der Waals surface area (Å²) in [6.07, 6.45) is 3.22. The Morgan fingerprint density at radius 1 is 1.28 bits per heavy atom. The standard InChI is InChI=1S/C18H23N3O3S/c1-23-15-6-2-3-7-16(15)24-12-17(22)19-9-8-14-13-25-18(20-14)21-10-4-5-11-21/h2-3,6-7,13H,4-5,8-12H2,1H3,(H,19,22). The van der Waals surface area contributed by atoms with Crippen molar-refractivity contribution >= 4 is 22.4 Å². The van der Waals surface area contributed by atoms with Crippen LogP contribution in [0.2, 0.25) is 0 Å².